The van der Waals surface area contributed by atoms with Crippen LogP contribution < -0.4 is 9.64 Å². The van der Waals surface area contributed by atoms with Gasteiger partial charge in [-0.3, -0.25) is 9.59 Å². The molecular weight excluding hydrogens is 314 g/mol. The SMILES string of the molecule is Cc1ccccc1Oc1ccc(N2C(=O)c3ccccc3C2=O)cc1. The third-order valence-electron chi connectivity index (χ3n) is 4.21. The predicted octanol–water partition coefficient (Wildman–Crippen LogP) is 4.59. The highest BCUT2D eigenvalue weighted by Gasteiger charge is 2.36. The van der Waals surface area contributed by atoms with Gasteiger partial charge in [0, 0.05) is 0 Å². The third kappa shape index (κ3) is 2.58. The zero-order chi connectivity index (χ0) is 17.4. The van der Waals surface area contributed by atoms with Crippen LogP contribution in [0.1, 0.15) is 26.3 Å². The first-order valence-corrected chi connectivity index (χ1v) is 7.96. The van der Waals surface area contributed by atoms with E-state index in [2.05, 4.69) is 0 Å². The lowest BCUT2D eigenvalue weighted by Crippen LogP contribution is -2.29. The third-order valence-corrected chi connectivity index (χ3v) is 4.21. The van der Waals surface area contributed by atoms with Crippen molar-refractivity contribution < 1.29 is 14.3 Å². The van der Waals surface area contributed by atoms with Crippen LogP contribution in [-0.2, 0) is 0 Å². The summed E-state index contributed by atoms with van der Waals surface area (Å²) in [5.41, 5.74) is 2.44. The molecule has 0 fully saturated rings. The summed E-state index contributed by atoms with van der Waals surface area (Å²) in [4.78, 5) is 26.2. The Kier molecular flexibility index (Phi) is 3.58. The maximum Gasteiger partial charge on any atom is 0.266 e. The number of carbonyl (C=O) groups excluding carboxylic acids is 2. The molecule has 0 N–H and O–H groups in total. The highest BCUT2D eigenvalue weighted by atomic mass is 16.5. The highest BCUT2D eigenvalue weighted by Crippen LogP contribution is 2.31. The first-order valence-electron chi connectivity index (χ1n) is 7.96. The Hall–Kier alpha value is -3.40. The van der Waals surface area contributed by atoms with Gasteiger partial charge in [-0.15, -0.1) is 0 Å². The molecule has 0 saturated carbocycles. The number of anilines is 1. The highest BCUT2D eigenvalue weighted by molar-refractivity contribution is 6.34. The van der Waals surface area contributed by atoms with Crippen molar-refractivity contribution in [3.63, 3.8) is 0 Å². The van der Waals surface area contributed by atoms with Crippen molar-refractivity contribution in [1.29, 1.82) is 0 Å². The Balaban J connectivity index is 1.60. The summed E-state index contributed by atoms with van der Waals surface area (Å²) < 4.78 is 5.85. The topological polar surface area (TPSA) is 46.6 Å². The van der Waals surface area contributed by atoms with E-state index in [0.717, 1.165) is 11.3 Å². The van der Waals surface area contributed by atoms with E-state index in [0.29, 0.717) is 22.6 Å². The lowest BCUT2D eigenvalue weighted by atomic mass is 10.1. The van der Waals surface area contributed by atoms with Crippen LogP contribution in [0.2, 0.25) is 0 Å². The summed E-state index contributed by atoms with van der Waals surface area (Å²) in [5, 5.41) is 0. The van der Waals surface area contributed by atoms with Gasteiger partial charge in [-0.05, 0) is 55.0 Å². The Morgan fingerprint density at radius 1 is 0.720 bits per heavy atom. The van der Waals surface area contributed by atoms with Gasteiger partial charge in [0.05, 0.1) is 16.8 Å². The summed E-state index contributed by atoms with van der Waals surface area (Å²) in [7, 11) is 0. The number of aryl methyl sites for hydroxylation is 1. The van der Waals surface area contributed by atoms with E-state index in [1.165, 1.54) is 4.90 Å². The predicted molar refractivity (Wildman–Crippen MR) is 95.3 cm³/mol. The minimum atomic E-state index is -0.298. The largest absolute Gasteiger partial charge is 0.457 e. The van der Waals surface area contributed by atoms with Gasteiger partial charge < -0.3 is 4.74 Å². The van der Waals surface area contributed by atoms with Crippen molar-refractivity contribution in [1.82, 2.24) is 0 Å². The van der Waals surface area contributed by atoms with E-state index < -0.39 is 0 Å². The molecule has 2 amide bonds. The summed E-state index contributed by atoms with van der Waals surface area (Å²) in [6.07, 6.45) is 0. The Labute approximate surface area is 145 Å². The van der Waals surface area contributed by atoms with Crippen molar-refractivity contribution in [2.24, 2.45) is 0 Å². The van der Waals surface area contributed by atoms with Crippen molar-refractivity contribution in [2.75, 3.05) is 4.90 Å². The first-order chi connectivity index (χ1) is 12.1. The molecule has 3 aromatic carbocycles. The molecule has 4 rings (SSSR count). The number of nitrogens with zero attached hydrogens (tertiary/aromatic N) is 1. The number of imide groups is 1. The van der Waals surface area contributed by atoms with Crippen LogP contribution in [0.3, 0.4) is 0 Å². The number of fused-ring (bicyclic) bond motifs is 1. The average Bonchev–Trinajstić information content (AvgIpc) is 2.89. The summed E-state index contributed by atoms with van der Waals surface area (Å²) in [5.74, 6) is 0.826. The first kappa shape index (κ1) is 15.1. The zero-order valence-electron chi connectivity index (χ0n) is 13.6. The van der Waals surface area contributed by atoms with Crippen LogP contribution in [0.5, 0.6) is 11.5 Å². The molecule has 4 heteroatoms. The molecule has 1 aliphatic heterocycles. The molecule has 0 radical (unpaired) electrons. The molecule has 0 spiro atoms. The van der Waals surface area contributed by atoms with E-state index >= 15 is 0 Å². The lowest BCUT2D eigenvalue weighted by molar-refractivity contribution is 0.0926. The molecule has 1 heterocycles. The maximum atomic E-state index is 12.5. The Bertz CT molecular complexity index is 941. The molecule has 0 aromatic heterocycles. The number of hydrogen-bond donors (Lipinski definition) is 0. The van der Waals surface area contributed by atoms with Gasteiger partial charge in [-0.2, -0.15) is 0 Å². The van der Waals surface area contributed by atoms with Crippen LogP contribution in [0.25, 0.3) is 0 Å². The van der Waals surface area contributed by atoms with Gasteiger partial charge in [0.1, 0.15) is 11.5 Å². The van der Waals surface area contributed by atoms with Crippen molar-refractivity contribution >= 4 is 17.5 Å². The number of benzene rings is 3. The fourth-order valence-electron chi connectivity index (χ4n) is 2.88. The van der Waals surface area contributed by atoms with E-state index in [1.807, 2.05) is 31.2 Å². The molecule has 0 atom stereocenters. The van der Waals surface area contributed by atoms with Crippen LogP contribution in [0, 0.1) is 6.92 Å². The standard InChI is InChI=1S/C21H15NO3/c1-14-6-2-5-9-19(14)25-16-12-10-15(11-13-16)22-20(23)17-7-3-4-8-18(17)21(22)24/h2-13H,1H3. The van der Waals surface area contributed by atoms with Gasteiger partial charge in [0.2, 0.25) is 0 Å². The monoisotopic (exact) mass is 329 g/mol. The maximum absolute atomic E-state index is 12.5. The summed E-state index contributed by atoms with van der Waals surface area (Å²) in [6.45, 7) is 1.97. The molecule has 25 heavy (non-hydrogen) atoms. The smallest absolute Gasteiger partial charge is 0.266 e. The minimum Gasteiger partial charge on any atom is -0.457 e. The number of ether oxygens (including phenoxy) is 1. The second-order valence-electron chi connectivity index (χ2n) is 5.85. The fraction of sp³-hybridized carbons (Fsp3) is 0.0476. The van der Waals surface area contributed by atoms with Crippen LogP contribution in [0.4, 0.5) is 5.69 Å². The van der Waals surface area contributed by atoms with Gasteiger partial charge in [0.15, 0.2) is 0 Å². The Morgan fingerprint density at radius 2 is 1.28 bits per heavy atom. The number of para-hydroxylation sites is 1. The Morgan fingerprint density at radius 3 is 1.88 bits per heavy atom. The second-order valence-corrected chi connectivity index (χ2v) is 5.85. The van der Waals surface area contributed by atoms with E-state index in [-0.39, 0.29) is 11.8 Å². The molecular formula is C21H15NO3. The van der Waals surface area contributed by atoms with Gasteiger partial charge in [-0.1, -0.05) is 30.3 Å². The average molecular weight is 329 g/mol. The molecule has 122 valence electrons. The van der Waals surface area contributed by atoms with Crippen LogP contribution in [0.15, 0.2) is 72.8 Å². The molecule has 0 bridgehead atoms. The fourth-order valence-corrected chi connectivity index (χ4v) is 2.88. The van der Waals surface area contributed by atoms with Crippen LogP contribution >= 0.6 is 0 Å². The molecule has 3 aromatic rings. The van der Waals surface area contributed by atoms with E-state index in [4.69, 9.17) is 4.74 Å². The quantitative estimate of drug-likeness (QED) is 0.660. The lowest BCUT2D eigenvalue weighted by Gasteiger charge is -2.15. The van der Waals surface area contributed by atoms with Crippen LogP contribution in [-0.4, -0.2) is 11.8 Å². The number of amides is 2. The van der Waals surface area contributed by atoms with E-state index in [9.17, 15) is 9.59 Å². The summed E-state index contributed by atoms with van der Waals surface area (Å²) >= 11 is 0. The zero-order valence-corrected chi connectivity index (χ0v) is 13.6. The van der Waals surface area contributed by atoms with E-state index in [1.54, 1.807) is 48.5 Å². The normalized spacial score (nSPS) is 13.1. The molecule has 0 aliphatic carbocycles. The van der Waals surface area contributed by atoms with Crippen molar-refractivity contribution in [2.45, 2.75) is 6.92 Å². The van der Waals surface area contributed by atoms with Gasteiger partial charge in [-0.25, -0.2) is 4.90 Å². The van der Waals surface area contributed by atoms with Crippen molar-refractivity contribution in [3.8, 4) is 11.5 Å². The van der Waals surface area contributed by atoms with Gasteiger partial charge in [0.25, 0.3) is 11.8 Å². The number of carbonyl (C=O) groups is 2. The number of rotatable bonds is 3. The van der Waals surface area contributed by atoms with Crippen molar-refractivity contribution in [3.05, 3.63) is 89.5 Å². The molecule has 4 nitrogen and oxygen atoms in total. The van der Waals surface area contributed by atoms with Gasteiger partial charge >= 0.3 is 0 Å². The molecule has 1 aliphatic rings. The summed E-state index contributed by atoms with van der Waals surface area (Å²) in [6, 6.07) is 21.5. The molecule has 0 saturated heterocycles. The minimum absolute atomic E-state index is 0.298. The second kappa shape index (κ2) is 5.91. The number of hydrogen-bond acceptors (Lipinski definition) is 3. The molecule has 0 unspecified atom stereocenters.